The van der Waals surface area contributed by atoms with Gasteiger partial charge in [0, 0.05) is 0 Å². The van der Waals surface area contributed by atoms with E-state index in [1.807, 2.05) is 78.0 Å². The normalized spacial score (nSPS) is 11.8. The van der Waals surface area contributed by atoms with Crippen LogP contribution in [-0.2, 0) is 17.1 Å². The first-order chi connectivity index (χ1) is 14.9. The molecule has 31 heavy (non-hydrogen) atoms. The molecule has 3 aromatic carbocycles. The van der Waals surface area contributed by atoms with Crippen molar-refractivity contribution in [3.63, 3.8) is 0 Å². The molecular formula is C23H20N5O2S+. The van der Waals surface area contributed by atoms with Gasteiger partial charge in [0.2, 0.25) is 5.82 Å². The third-order valence-corrected chi connectivity index (χ3v) is 6.51. The van der Waals surface area contributed by atoms with Crippen molar-refractivity contribution in [3.8, 4) is 5.82 Å². The molecule has 5 rings (SSSR count). The number of hydrogen-bond donors (Lipinski definition) is 1. The summed E-state index contributed by atoms with van der Waals surface area (Å²) >= 11 is 0. The van der Waals surface area contributed by atoms with Crippen LogP contribution in [0.15, 0.2) is 84.0 Å². The summed E-state index contributed by atoms with van der Waals surface area (Å²) in [5, 5.41) is 0. The Balaban J connectivity index is 1.73. The molecule has 0 amide bonds. The number of hydrogen-bond acceptors (Lipinski definition) is 4. The molecule has 1 N–H and O–H groups in total. The fourth-order valence-electron chi connectivity index (χ4n) is 3.56. The standard InChI is InChI=1S/C23H20N5O2S/c1-16-11-13-17(14-12-16)31(29,30)26-22-23(25-19-8-4-3-7-18(19)24-22)28-15-27(2)20-9-5-6-10-21(20)28/h3-15H,1-2H3,(H,24,26)/q+1. The number of benzene rings is 3. The smallest absolute Gasteiger partial charge is 0.258 e. The summed E-state index contributed by atoms with van der Waals surface area (Å²) in [5.74, 6) is 0.576. The molecular weight excluding hydrogens is 410 g/mol. The van der Waals surface area contributed by atoms with Gasteiger partial charge < -0.3 is 0 Å². The van der Waals surface area contributed by atoms with Gasteiger partial charge in [-0.15, -0.1) is 0 Å². The summed E-state index contributed by atoms with van der Waals surface area (Å²) in [6.07, 6.45) is 1.87. The van der Waals surface area contributed by atoms with E-state index >= 15 is 0 Å². The van der Waals surface area contributed by atoms with Gasteiger partial charge in [-0.2, -0.15) is 4.57 Å². The Labute approximate surface area is 179 Å². The lowest BCUT2D eigenvalue weighted by Gasteiger charge is -2.11. The molecule has 0 bridgehead atoms. The van der Waals surface area contributed by atoms with Crippen molar-refractivity contribution in [2.45, 2.75) is 11.8 Å². The molecule has 0 spiro atoms. The number of anilines is 1. The maximum atomic E-state index is 13.1. The number of aromatic nitrogens is 4. The molecule has 0 saturated carbocycles. The third kappa shape index (κ3) is 3.40. The maximum absolute atomic E-state index is 13.1. The number of nitrogens with one attached hydrogen (secondary N) is 1. The lowest BCUT2D eigenvalue weighted by molar-refractivity contribution is -0.645. The molecule has 0 unspecified atom stereocenters. The summed E-state index contributed by atoms with van der Waals surface area (Å²) in [5.41, 5.74) is 4.15. The maximum Gasteiger partial charge on any atom is 0.270 e. The van der Waals surface area contributed by atoms with Gasteiger partial charge in [-0.1, -0.05) is 42.0 Å². The third-order valence-electron chi connectivity index (χ3n) is 5.15. The van der Waals surface area contributed by atoms with Crippen molar-refractivity contribution in [3.05, 3.63) is 84.7 Å². The zero-order valence-corrected chi connectivity index (χ0v) is 17.8. The molecule has 2 heterocycles. The fraction of sp³-hybridized carbons (Fsp3) is 0.0870. The molecule has 0 saturated heterocycles. The van der Waals surface area contributed by atoms with Crippen LogP contribution in [0.3, 0.4) is 0 Å². The molecule has 5 aromatic rings. The van der Waals surface area contributed by atoms with E-state index in [1.54, 1.807) is 24.3 Å². The second-order valence-electron chi connectivity index (χ2n) is 7.39. The second-order valence-corrected chi connectivity index (χ2v) is 9.07. The number of sulfonamides is 1. The van der Waals surface area contributed by atoms with Crippen LogP contribution >= 0.6 is 0 Å². The summed E-state index contributed by atoms with van der Waals surface area (Å²) < 4.78 is 32.7. The lowest BCUT2D eigenvalue weighted by Crippen LogP contribution is -2.25. The van der Waals surface area contributed by atoms with E-state index in [4.69, 9.17) is 4.98 Å². The van der Waals surface area contributed by atoms with Gasteiger partial charge >= 0.3 is 0 Å². The van der Waals surface area contributed by atoms with Crippen LogP contribution in [-0.4, -0.2) is 23.0 Å². The topological polar surface area (TPSA) is 80.8 Å². The van der Waals surface area contributed by atoms with Crippen LogP contribution in [0.25, 0.3) is 27.9 Å². The largest absolute Gasteiger partial charge is 0.270 e. The Morgan fingerprint density at radius 1 is 0.871 bits per heavy atom. The molecule has 0 radical (unpaired) electrons. The molecule has 7 nitrogen and oxygen atoms in total. The van der Waals surface area contributed by atoms with Crippen molar-refractivity contribution < 1.29 is 13.0 Å². The molecule has 0 aliphatic carbocycles. The minimum atomic E-state index is -3.85. The minimum absolute atomic E-state index is 0.167. The van der Waals surface area contributed by atoms with Crippen LogP contribution in [0.4, 0.5) is 5.82 Å². The highest BCUT2D eigenvalue weighted by molar-refractivity contribution is 7.92. The summed E-state index contributed by atoms with van der Waals surface area (Å²) in [7, 11) is -1.91. The second kappa shape index (κ2) is 7.17. The lowest BCUT2D eigenvalue weighted by atomic mass is 10.2. The number of para-hydroxylation sites is 4. The van der Waals surface area contributed by atoms with Crippen molar-refractivity contribution in [2.75, 3.05) is 4.72 Å². The Bertz CT molecular complexity index is 1540. The van der Waals surface area contributed by atoms with Crippen LogP contribution < -0.4 is 9.29 Å². The summed E-state index contributed by atoms with van der Waals surface area (Å²) in [4.78, 5) is 9.54. The fourth-order valence-corrected chi connectivity index (χ4v) is 4.57. The van der Waals surface area contributed by atoms with Crippen molar-refractivity contribution in [1.29, 1.82) is 0 Å². The zero-order valence-electron chi connectivity index (χ0n) is 17.0. The average Bonchev–Trinajstić information content (AvgIpc) is 3.10. The Kier molecular flexibility index (Phi) is 4.44. The van der Waals surface area contributed by atoms with E-state index in [2.05, 4.69) is 9.71 Å². The molecule has 2 aromatic heterocycles. The Morgan fingerprint density at radius 3 is 2.26 bits per heavy atom. The van der Waals surface area contributed by atoms with Crippen LogP contribution in [0, 0.1) is 6.92 Å². The number of nitrogens with zero attached hydrogens (tertiary/aromatic N) is 4. The quantitative estimate of drug-likeness (QED) is 0.443. The summed E-state index contributed by atoms with van der Waals surface area (Å²) in [6.45, 7) is 1.91. The molecule has 0 aliphatic rings. The first kappa shape index (κ1) is 19.2. The van der Waals surface area contributed by atoms with E-state index < -0.39 is 10.0 Å². The van der Waals surface area contributed by atoms with E-state index in [1.165, 1.54) is 0 Å². The number of rotatable bonds is 4. The number of fused-ring (bicyclic) bond motifs is 2. The molecule has 8 heteroatoms. The van der Waals surface area contributed by atoms with E-state index in [0.717, 1.165) is 16.6 Å². The number of aryl methyl sites for hydroxylation is 2. The average molecular weight is 431 g/mol. The van der Waals surface area contributed by atoms with Gasteiger partial charge in [-0.3, -0.25) is 4.72 Å². The summed E-state index contributed by atoms with van der Waals surface area (Å²) in [6, 6.07) is 21.9. The predicted octanol–water partition coefficient (Wildman–Crippen LogP) is 3.51. The van der Waals surface area contributed by atoms with Gasteiger partial charge in [-0.05, 0) is 43.3 Å². The highest BCUT2D eigenvalue weighted by atomic mass is 32.2. The Hall–Kier alpha value is -3.78. The zero-order chi connectivity index (χ0) is 21.6. The van der Waals surface area contributed by atoms with Crippen LogP contribution in [0.2, 0.25) is 0 Å². The molecule has 0 aliphatic heterocycles. The van der Waals surface area contributed by atoms with Crippen molar-refractivity contribution in [1.82, 2.24) is 14.5 Å². The van der Waals surface area contributed by atoms with Crippen molar-refractivity contribution >= 4 is 37.9 Å². The molecule has 0 fully saturated rings. The van der Waals surface area contributed by atoms with Gasteiger partial charge in [-0.25, -0.2) is 23.0 Å². The first-order valence-electron chi connectivity index (χ1n) is 9.75. The highest BCUT2D eigenvalue weighted by Gasteiger charge is 2.25. The van der Waals surface area contributed by atoms with Gasteiger partial charge in [0.15, 0.2) is 11.0 Å². The van der Waals surface area contributed by atoms with Crippen LogP contribution in [0.1, 0.15) is 5.56 Å². The number of imidazole rings is 1. The Morgan fingerprint density at radius 2 is 1.52 bits per heavy atom. The van der Waals surface area contributed by atoms with Gasteiger partial charge in [0.25, 0.3) is 22.2 Å². The SMILES string of the molecule is Cc1ccc(S(=O)(=O)Nc2nc3ccccc3nc2-n2c[n+](C)c3ccccc32)cc1. The monoisotopic (exact) mass is 430 g/mol. The first-order valence-corrected chi connectivity index (χ1v) is 11.2. The predicted molar refractivity (Wildman–Crippen MR) is 120 cm³/mol. The molecule has 154 valence electrons. The van der Waals surface area contributed by atoms with Crippen molar-refractivity contribution in [2.24, 2.45) is 7.05 Å². The van der Waals surface area contributed by atoms with E-state index in [9.17, 15) is 8.42 Å². The molecule has 0 atom stereocenters. The van der Waals surface area contributed by atoms with Crippen LogP contribution in [0.5, 0.6) is 0 Å². The van der Waals surface area contributed by atoms with Gasteiger partial charge in [0.05, 0.1) is 23.0 Å². The van der Waals surface area contributed by atoms with E-state index in [0.29, 0.717) is 16.9 Å². The highest BCUT2D eigenvalue weighted by Crippen LogP contribution is 2.26. The van der Waals surface area contributed by atoms with E-state index in [-0.39, 0.29) is 10.7 Å². The minimum Gasteiger partial charge on any atom is -0.258 e. The van der Waals surface area contributed by atoms with Gasteiger partial charge in [0.1, 0.15) is 0 Å².